The average molecular weight is 289 g/mol. The zero-order valence-corrected chi connectivity index (χ0v) is 12.5. The molecule has 22 heavy (non-hydrogen) atoms. The fourth-order valence-electron chi connectivity index (χ4n) is 3.50. The predicted molar refractivity (Wildman–Crippen MR) is 90.6 cm³/mol. The molecule has 1 aliphatic rings. The van der Waals surface area contributed by atoms with Gasteiger partial charge in [-0.25, -0.2) is 9.97 Å². The fourth-order valence-corrected chi connectivity index (χ4v) is 3.50. The molecule has 0 amide bonds. The van der Waals surface area contributed by atoms with E-state index in [0.717, 1.165) is 17.0 Å². The molecule has 0 radical (unpaired) electrons. The number of aromatic nitrogens is 2. The molecule has 1 aliphatic carbocycles. The molecule has 1 heterocycles. The van der Waals surface area contributed by atoms with Crippen LogP contribution in [0.3, 0.4) is 0 Å². The van der Waals surface area contributed by atoms with Crippen molar-refractivity contribution in [3.8, 4) is 11.3 Å². The first-order valence-electron chi connectivity index (χ1n) is 7.94. The van der Waals surface area contributed by atoms with Crippen molar-refractivity contribution in [1.29, 1.82) is 0 Å². The minimum Gasteiger partial charge on any atom is -0.368 e. The summed E-state index contributed by atoms with van der Waals surface area (Å²) in [5.74, 6) is 0.923. The summed E-state index contributed by atoms with van der Waals surface area (Å²) in [5, 5.41) is 2.43. The van der Waals surface area contributed by atoms with Crippen molar-refractivity contribution in [2.75, 3.05) is 5.73 Å². The fraction of sp³-hybridized carbons (Fsp3) is 0.263. The summed E-state index contributed by atoms with van der Waals surface area (Å²) in [6.07, 6.45) is 5.01. The summed E-state index contributed by atoms with van der Waals surface area (Å²) < 4.78 is 0. The largest absolute Gasteiger partial charge is 0.368 e. The Morgan fingerprint density at radius 3 is 2.55 bits per heavy atom. The van der Waals surface area contributed by atoms with Gasteiger partial charge < -0.3 is 5.73 Å². The van der Waals surface area contributed by atoms with Crippen molar-refractivity contribution >= 4 is 16.7 Å². The van der Waals surface area contributed by atoms with Crippen LogP contribution in [0.5, 0.6) is 0 Å². The van der Waals surface area contributed by atoms with Crippen molar-refractivity contribution in [3.05, 3.63) is 54.2 Å². The highest BCUT2D eigenvalue weighted by molar-refractivity contribution is 5.95. The summed E-state index contributed by atoms with van der Waals surface area (Å²) in [4.78, 5) is 8.98. The lowest BCUT2D eigenvalue weighted by Gasteiger charge is -2.12. The van der Waals surface area contributed by atoms with E-state index in [-0.39, 0.29) is 0 Å². The number of nitrogen functional groups attached to an aromatic ring is 1. The molecule has 0 saturated heterocycles. The molecule has 110 valence electrons. The van der Waals surface area contributed by atoms with Crippen molar-refractivity contribution in [3.63, 3.8) is 0 Å². The quantitative estimate of drug-likeness (QED) is 0.753. The van der Waals surface area contributed by atoms with E-state index in [9.17, 15) is 0 Å². The Bertz CT molecular complexity index is 815. The second kappa shape index (κ2) is 5.41. The van der Waals surface area contributed by atoms with Gasteiger partial charge in [0, 0.05) is 17.2 Å². The molecule has 2 aromatic carbocycles. The molecule has 1 fully saturated rings. The first-order chi connectivity index (χ1) is 10.8. The minimum atomic E-state index is 0.382. The summed E-state index contributed by atoms with van der Waals surface area (Å²) in [6, 6.07) is 16.8. The van der Waals surface area contributed by atoms with Crippen LogP contribution in [0, 0.1) is 0 Å². The third-order valence-corrected chi connectivity index (χ3v) is 4.60. The van der Waals surface area contributed by atoms with E-state index in [1.165, 1.54) is 36.5 Å². The van der Waals surface area contributed by atoms with Gasteiger partial charge in [0.05, 0.1) is 5.69 Å². The van der Waals surface area contributed by atoms with E-state index in [0.29, 0.717) is 11.9 Å². The van der Waals surface area contributed by atoms with Gasteiger partial charge in [-0.2, -0.15) is 0 Å². The van der Waals surface area contributed by atoms with E-state index in [1.54, 1.807) is 0 Å². The molecule has 0 spiro atoms. The summed E-state index contributed by atoms with van der Waals surface area (Å²) >= 11 is 0. The number of fused-ring (bicyclic) bond motifs is 1. The lowest BCUT2D eigenvalue weighted by Crippen LogP contribution is -2.04. The van der Waals surface area contributed by atoms with Crippen molar-refractivity contribution in [2.24, 2.45) is 0 Å². The van der Waals surface area contributed by atoms with Gasteiger partial charge in [-0.15, -0.1) is 0 Å². The number of hydrogen-bond acceptors (Lipinski definition) is 3. The maximum absolute atomic E-state index is 5.99. The Balaban J connectivity index is 1.87. The van der Waals surface area contributed by atoms with E-state index < -0.39 is 0 Å². The van der Waals surface area contributed by atoms with Crippen molar-refractivity contribution in [1.82, 2.24) is 9.97 Å². The van der Waals surface area contributed by atoms with E-state index in [2.05, 4.69) is 58.5 Å². The van der Waals surface area contributed by atoms with Gasteiger partial charge >= 0.3 is 0 Å². The highest BCUT2D eigenvalue weighted by atomic mass is 15.0. The molecule has 2 N–H and O–H groups in total. The average Bonchev–Trinajstić information content (AvgIpc) is 3.08. The molecule has 0 aliphatic heterocycles. The van der Waals surface area contributed by atoms with E-state index in [1.807, 2.05) is 0 Å². The van der Waals surface area contributed by atoms with Crippen LogP contribution in [0.25, 0.3) is 22.0 Å². The molecule has 0 atom stereocenters. The van der Waals surface area contributed by atoms with E-state index in [4.69, 9.17) is 5.73 Å². The van der Waals surface area contributed by atoms with Gasteiger partial charge in [0.15, 0.2) is 0 Å². The van der Waals surface area contributed by atoms with Gasteiger partial charge in [-0.05, 0) is 29.7 Å². The first-order valence-corrected chi connectivity index (χ1v) is 7.94. The minimum absolute atomic E-state index is 0.382. The molecule has 1 saturated carbocycles. The number of nitrogens with zero attached hydrogens (tertiary/aromatic N) is 2. The SMILES string of the molecule is Nc1nc(-c2cccc3ccccc23)cc(C2CCCC2)n1. The third-order valence-electron chi connectivity index (χ3n) is 4.60. The number of benzene rings is 2. The highest BCUT2D eigenvalue weighted by Gasteiger charge is 2.20. The van der Waals surface area contributed by atoms with Gasteiger partial charge in [-0.1, -0.05) is 55.3 Å². The molecule has 4 rings (SSSR count). The standard InChI is InChI=1S/C19H19N3/c20-19-21-17(14-7-1-2-8-14)12-18(22-19)16-11-5-9-13-6-3-4-10-15(13)16/h3-6,9-12,14H,1-2,7-8H2,(H2,20,21,22). The van der Waals surface area contributed by atoms with Crippen LogP contribution in [0.2, 0.25) is 0 Å². The monoisotopic (exact) mass is 289 g/mol. The maximum atomic E-state index is 5.99. The van der Waals surface area contributed by atoms with Crippen LogP contribution >= 0.6 is 0 Å². The normalized spacial score (nSPS) is 15.5. The van der Waals surface area contributed by atoms with Gasteiger partial charge in [-0.3, -0.25) is 0 Å². The van der Waals surface area contributed by atoms with Gasteiger partial charge in [0.25, 0.3) is 0 Å². The van der Waals surface area contributed by atoms with E-state index >= 15 is 0 Å². The summed E-state index contributed by atoms with van der Waals surface area (Å²) in [6.45, 7) is 0. The molecule has 1 aromatic heterocycles. The molecular weight excluding hydrogens is 270 g/mol. The van der Waals surface area contributed by atoms with Crippen LogP contribution in [0.1, 0.15) is 37.3 Å². The Labute approximate surface area is 130 Å². The van der Waals surface area contributed by atoms with Crippen LogP contribution < -0.4 is 5.73 Å². The van der Waals surface area contributed by atoms with Crippen LogP contribution in [0.4, 0.5) is 5.95 Å². The third kappa shape index (κ3) is 2.33. The topological polar surface area (TPSA) is 51.8 Å². The molecular formula is C19H19N3. The second-order valence-corrected chi connectivity index (χ2v) is 6.04. The molecule has 0 bridgehead atoms. The zero-order chi connectivity index (χ0) is 14.9. The zero-order valence-electron chi connectivity index (χ0n) is 12.5. The number of anilines is 1. The number of nitrogens with two attached hydrogens (primary N) is 1. The van der Waals surface area contributed by atoms with Crippen LogP contribution in [-0.2, 0) is 0 Å². The lowest BCUT2D eigenvalue weighted by molar-refractivity contribution is 0.696. The Hall–Kier alpha value is -2.42. The lowest BCUT2D eigenvalue weighted by atomic mass is 9.98. The Kier molecular flexibility index (Phi) is 3.26. The first kappa shape index (κ1) is 13.3. The summed E-state index contributed by atoms with van der Waals surface area (Å²) in [7, 11) is 0. The molecule has 3 heteroatoms. The van der Waals surface area contributed by atoms with Crippen LogP contribution in [0.15, 0.2) is 48.5 Å². The van der Waals surface area contributed by atoms with Crippen LogP contribution in [-0.4, -0.2) is 9.97 Å². The maximum Gasteiger partial charge on any atom is 0.220 e. The number of hydrogen-bond donors (Lipinski definition) is 1. The smallest absolute Gasteiger partial charge is 0.220 e. The highest BCUT2D eigenvalue weighted by Crippen LogP contribution is 2.35. The molecule has 3 aromatic rings. The molecule has 0 unspecified atom stereocenters. The summed E-state index contributed by atoms with van der Waals surface area (Å²) in [5.41, 5.74) is 9.16. The number of rotatable bonds is 2. The molecule has 3 nitrogen and oxygen atoms in total. The van der Waals surface area contributed by atoms with Crippen molar-refractivity contribution < 1.29 is 0 Å². The Morgan fingerprint density at radius 2 is 1.68 bits per heavy atom. The van der Waals surface area contributed by atoms with Gasteiger partial charge in [0.2, 0.25) is 5.95 Å². The van der Waals surface area contributed by atoms with Gasteiger partial charge in [0.1, 0.15) is 0 Å². The van der Waals surface area contributed by atoms with Crippen molar-refractivity contribution in [2.45, 2.75) is 31.6 Å². The predicted octanol–water partition coefficient (Wildman–Crippen LogP) is 4.54. The second-order valence-electron chi connectivity index (χ2n) is 6.04. The Morgan fingerprint density at radius 1 is 0.909 bits per heavy atom.